The second-order valence-corrected chi connectivity index (χ2v) is 5.87. The molecule has 0 radical (unpaired) electrons. The highest BCUT2D eigenvalue weighted by molar-refractivity contribution is 5.97. The highest BCUT2D eigenvalue weighted by Gasteiger charge is 2.23. The maximum Gasteiger partial charge on any atom is 0.357 e. The Balaban J connectivity index is 2.25. The molecule has 1 heterocycles. The van der Waals surface area contributed by atoms with Crippen LogP contribution in [0.15, 0.2) is 54.7 Å². The lowest BCUT2D eigenvalue weighted by atomic mass is 10.0. The van der Waals surface area contributed by atoms with Crippen molar-refractivity contribution in [3.8, 4) is 22.9 Å². The monoisotopic (exact) mass is 375 g/mol. The average molecular weight is 375 g/mol. The van der Waals surface area contributed by atoms with Gasteiger partial charge in [-0.05, 0) is 23.8 Å². The van der Waals surface area contributed by atoms with Gasteiger partial charge in [0, 0.05) is 11.8 Å². The molecule has 140 valence electrons. The third kappa shape index (κ3) is 3.19. The first-order valence-electron chi connectivity index (χ1n) is 8.29. The van der Waals surface area contributed by atoms with Gasteiger partial charge in [0.25, 0.3) is 0 Å². The Morgan fingerprint density at radius 2 is 1.75 bits per heavy atom. The Hall–Kier alpha value is -4.05. The number of carbonyl (C=O) groups excluding carboxylic acids is 2. The summed E-state index contributed by atoms with van der Waals surface area (Å²) in [6.07, 6.45) is 1.49. The van der Waals surface area contributed by atoms with Crippen LogP contribution in [0.3, 0.4) is 0 Å². The quantitative estimate of drug-likeness (QED) is 0.702. The van der Waals surface area contributed by atoms with Gasteiger partial charge in [0.05, 0.1) is 36.7 Å². The molecule has 0 aliphatic carbocycles. The largest absolute Gasteiger partial charge is 0.465 e. The van der Waals surface area contributed by atoms with Gasteiger partial charge in [-0.1, -0.05) is 30.3 Å². The molecule has 0 amide bonds. The molecule has 0 saturated heterocycles. The number of methoxy groups -OCH3 is 2. The van der Waals surface area contributed by atoms with E-state index in [1.54, 1.807) is 30.3 Å². The number of ether oxygens (including phenoxy) is 2. The first kappa shape index (κ1) is 18.7. The highest BCUT2D eigenvalue weighted by atomic mass is 16.5. The van der Waals surface area contributed by atoms with Crippen molar-refractivity contribution in [1.82, 2.24) is 4.57 Å². The molecule has 7 heteroatoms. The molecular formula is C21H17N3O4. The van der Waals surface area contributed by atoms with Crippen molar-refractivity contribution in [3.05, 3.63) is 71.5 Å². The molecule has 0 saturated carbocycles. The highest BCUT2D eigenvalue weighted by Crippen LogP contribution is 2.32. The molecule has 1 aromatic heterocycles. The maximum absolute atomic E-state index is 12.3. The van der Waals surface area contributed by atoms with Gasteiger partial charge < -0.3 is 19.8 Å². The molecule has 3 aromatic rings. The third-order valence-electron chi connectivity index (χ3n) is 4.30. The average Bonchev–Trinajstić information content (AvgIpc) is 3.08. The van der Waals surface area contributed by atoms with E-state index < -0.39 is 11.9 Å². The summed E-state index contributed by atoms with van der Waals surface area (Å²) in [5, 5.41) is 9.32. The molecule has 0 atom stereocenters. The molecule has 7 nitrogen and oxygen atoms in total. The van der Waals surface area contributed by atoms with Gasteiger partial charge in [0.2, 0.25) is 0 Å². The predicted molar refractivity (Wildman–Crippen MR) is 103 cm³/mol. The topological polar surface area (TPSA) is 107 Å². The van der Waals surface area contributed by atoms with Crippen molar-refractivity contribution in [3.63, 3.8) is 0 Å². The normalized spacial score (nSPS) is 10.2. The molecule has 3 rings (SSSR count). The van der Waals surface area contributed by atoms with Crippen LogP contribution in [0.2, 0.25) is 0 Å². The number of esters is 2. The molecule has 0 bridgehead atoms. The minimum Gasteiger partial charge on any atom is -0.465 e. The van der Waals surface area contributed by atoms with Gasteiger partial charge in [-0.15, -0.1) is 0 Å². The minimum absolute atomic E-state index is 0.0486. The molecule has 0 aliphatic heterocycles. The fourth-order valence-corrected chi connectivity index (χ4v) is 2.96. The van der Waals surface area contributed by atoms with Crippen molar-refractivity contribution in [2.24, 2.45) is 0 Å². The summed E-state index contributed by atoms with van der Waals surface area (Å²) in [5.41, 5.74) is 8.75. The van der Waals surface area contributed by atoms with Crippen LogP contribution in [0.4, 0.5) is 5.69 Å². The number of anilines is 1. The van der Waals surface area contributed by atoms with Crippen LogP contribution in [-0.4, -0.2) is 30.7 Å². The van der Waals surface area contributed by atoms with Gasteiger partial charge in [-0.25, -0.2) is 9.59 Å². The zero-order valence-electron chi connectivity index (χ0n) is 15.3. The summed E-state index contributed by atoms with van der Waals surface area (Å²) >= 11 is 0. The predicted octanol–water partition coefficient (Wildman–Crippen LogP) is 3.17. The number of nitrogen functional groups attached to an aromatic ring is 1. The number of nitriles is 1. The Bertz CT molecular complexity index is 1110. The van der Waals surface area contributed by atoms with Crippen LogP contribution in [0.1, 0.15) is 26.4 Å². The van der Waals surface area contributed by atoms with E-state index in [4.69, 9.17) is 15.2 Å². The lowest BCUT2D eigenvalue weighted by molar-refractivity contribution is 0.0587. The van der Waals surface area contributed by atoms with E-state index in [2.05, 4.69) is 0 Å². The standard InChI is InChI=1S/C21H17N3O4/c1-27-20(25)14-7-5-6-13(10-14)16-8-3-4-9-17(16)24-12-15(11-22)18(23)19(24)21(26)28-2/h3-10,12H,23H2,1-2H3. The zero-order chi connectivity index (χ0) is 20.3. The fraction of sp³-hybridized carbons (Fsp3) is 0.0952. The first-order chi connectivity index (χ1) is 13.5. The number of hydrogen-bond donors (Lipinski definition) is 1. The third-order valence-corrected chi connectivity index (χ3v) is 4.30. The lowest BCUT2D eigenvalue weighted by Crippen LogP contribution is -2.11. The van der Waals surface area contributed by atoms with Crippen LogP contribution >= 0.6 is 0 Å². The summed E-state index contributed by atoms with van der Waals surface area (Å²) in [7, 11) is 2.56. The number of rotatable bonds is 4. The SMILES string of the molecule is COC(=O)c1cccc(-c2ccccc2-n2cc(C#N)c(N)c2C(=O)OC)c1. The van der Waals surface area contributed by atoms with E-state index in [0.29, 0.717) is 11.3 Å². The zero-order valence-corrected chi connectivity index (χ0v) is 15.3. The van der Waals surface area contributed by atoms with Crippen molar-refractivity contribution in [1.29, 1.82) is 5.26 Å². The van der Waals surface area contributed by atoms with Gasteiger partial charge in [0.1, 0.15) is 6.07 Å². The summed E-state index contributed by atoms with van der Waals surface area (Å²) in [4.78, 5) is 24.2. The summed E-state index contributed by atoms with van der Waals surface area (Å²) in [6.45, 7) is 0. The fourth-order valence-electron chi connectivity index (χ4n) is 2.96. The lowest BCUT2D eigenvalue weighted by Gasteiger charge is -2.14. The van der Waals surface area contributed by atoms with E-state index in [9.17, 15) is 14.9 Å². The summed E-state index contributed by atoms with van der Waals surface area (Å²) in [5.74, 6) is -1.11. The van der Waals surface area contributed by atoms with Crippen LogP contribution in [0.25, 0.3) is 16.8 Å². The van der Waals surface area contributed by atoms with Crippen LogP contribution in [0, 0.1) is 11.3 Å². The van der Waals surface area contributed by atoms with E-state index in [0.717, 1.165) is 11.1 Å². The minimum atomic E-state index is -0.655. The number of aromatic nitrogens is 1. The van der Waals surface area contributed by atoms with Gasteiger partial charge >= 0.3 is 11.9 Å². The van der Waals surface area contributed by atoms with E-state index in [1.807, 2.05) is 24.3 Å². The first-order valence-corrected chi connectivity index (χ1v) is 8.29. The Labute approximate surface area is 161 Å². The van der Waals surface area contributed by atoms with E-state index >= 15 is 0 Å². The molecule has 0 fully saturated rings. The van der Waals surface area contributed by atoms with Crippen LogP contribution in [0.5, 0.6) is 0 Å². The number of nitrogens with two attached hydrogens (primary N) is 1. The molecular weight excluding hydrogens is 358 g/mol. The van der Waals surface area contributed by atoms with E-state index in [1.165, 1.54) is 25.0 Å². The van der Waals surface area contributed by atoms with E-state index in [-0.39, 0.29) is 16.9 Å². The number of para-hydroxylation sites is 1. The molecule has 2 aromatic carbocycles. The second-order valence-electron chi connectivity index (χ2n) is 5.87. The van der Waals surface area contributed by atoms with Crippen molar-refractivity contribution in [2.75, 3.05) is 20.0 Å². The molecule has 28 heavy (non-hydrogen) atoms. The van der Waals surface area contributed by atoms with Crippen LogP contribution < -0.4 is 5.73 Å². The number of benzene rings is 2. The summed E-state index contributed by atoms with van der Waals surface area (Å²) < 4.78 is 11.1. The summed E-state index contributed by atoms with van der Waals surface area (Å²) in [6, 6.07) is 16.2. The Morgan fingerprint density at radius 1 is 1.04 bits per heavy atom. The molecule has 0 spiro atoms. The smallest absolute Gasteiger partial charge is 0.357 e. The number of hydrogen-bond acceptors (Lipinski definition) is 6. The molecule has 0 unspecified atom stereocenters. The van der Waals surface area contributed by atoms with Crippen molar-refractivity contribution >= 4 is 17.6 Å². The second kappa shape index (κ2) is 7.68. The van der Waals surface area contributed by atoms with Gasteiger partial charge in [0.15, 0.2) is 5.69 Å². The number of nitrogens with zero attached hydrogens (tertiary/aromatic N) is 2. The van der Waals surface area contributed by atoms with Crippen LogP contribution in [-0.2, 0) is 9.47 Å². The van der Waals surface area contributed by atoms with Crippen molar-refractivity contribution in [2.45, 2.75) is 0 Å². The Kier molecular flexibility index (Phi) is 5.14. The van der Waals surface area contributed by atoms with Gasteiger partial charge in [-0.3, -0.25) is 0 Å². The molecule has 0 aliphatic rings. The van der Waals surface area contributed by atoms with Gasteiger partial charge in [-0.2, -0.15) is 5.26 Å². The molecule has 2 N–H and O–H groups in total. The maximum atomic E-state index is 12.3. The Morgan fingerprint density at radius 3 is 2.43 bits per heavy atom. The number of carbonyl (C=O) groups is 2. The van der Waals surface area contributed by atoms with Crippen molar-refractivity contribution < 1.29 is 19.1 Å².